The maximum absolute atomic E-state index is 13.1. The largest absolute Gasteiger partial charge is 0.384 e. The van der Waals surface area contributed by atoms with Crippen molar-refractivity contribution >= 4 is 15.7 Å². The molecule has 0 spiro atoms. The lowest BCUT2D eigenvalue weighted by atomic mass is 9.78. The molecule has 1 unspecified atom stereocenters. The Kier molecular flexibility index (Phi) is 5.27. The number of methoxy groups -OCH3 is 1. The van der Waals surface area contributed by atoms with Crippen LogP contribution in [0.25, 0.3) is 0 Å². The van der Waals surface area contributed by atoms with Crippen LogP contribution in [-0.4, -0.2) is 70.1 Å². The third-order valence-electron chi connectivity index (χ3n) is 4.69. The number of amides is 1. The zero-order valence-corrected chi connectivity index (χ0v) is 13.7. The van der Waals surface area contributed by atoms with E-state index in [4.69, 9.17) is 4.74 Å². The third-order valence-corrected chi connectivity index (χ3v) is 6.44. The standard InChI is InChI=1S/C14H26N2O4S/c1-3-16(12-4-9-21(18,19)10-12)13(17)14(11-20-2)5-7-15-8-6-14/h12,15H,3-11H2,1-2H3. The molecule has 2 aliphatic heterocycles. The zero-order valence-electron chi connectivity index (χ0n) is 12.9. The van der Waals surface area contributed by atoms with Gasteiger partial charge in [-0.1, -0.05) is 0 Å². The Bertz CT molecular complexity index is 466. The van der Waals surface area contributed by atoms with Crippen LogP contribution < -0.4 is 5.32 Å². The highest BCUT2D eigenvalue weighted by atomic mass is 32.2. The topological polar surface area (TPSA) is 75.7 Å². The highest BCUT2D eigenvalue weighted by Gasteiger charge is 2.45. The molecule has 6 nitrogen and oxygen atoms in total. The molecule has 21 heavy (non-hydrogen) atoms. The fourth-order valence-corrected chi connectivity index (χ4v) is 5.23. The molecule has 0 aromatic heterocycles. The molecule has 0 aromatic rings. The Labute approximate surface area is 127 Å². The molecule has 0 aliphatic carbocycles. The van der Waals surface area contributed by atoms with Gasteiger partial charge in [-0.15, -0.1) is 0 Å². The number of carbonyl (C=O) groups excluding carboxylic acids is 1. The molecule has 2 rings (SSSR count). The molecule has 2 aliphatic rings. The number of ether oxygens (including phenoxy) is 1. The number of rotatable bonds is 5. The maximum Gasteiger partial charge on any atom is 0.231 e. The SMILES string of the molecule is CCN(C(=O)C1(COC)CCNCC1)C1CCS(=O)(=O)C1. The Hall–Kier alpha value is -0.660. The van der Waals surface area contributed by atoms with Crippen LogP contribution in [0, 0.1) is 5.41 Å². The molecule has 122 valence electrons. The highest BCUT2D eigenvalue weighted by molar-refractivity contribution is 7.91. The van der Waals surface area contributed by atoms with Gasteiger partial charge in [-0.2, -0.15) is 0 Å². The molecule has 7 heteroatoms. The number of hydrogen-bond donors (Lipinski definition) is 1. The first-order chi connectivity index (χ1) is 9.94. The van der Waals surface area contributed by atoms with Crippen molar-refractivity contribution < 1.29 is 17.9 Å². The van der Waals surface area contributed by atoms with Crippen molar-refractivity contribution in [2.24, 2.45) is 5.41 Å². The van der Waals surface area contributed by atoms with Crippen LogP contribution in [0.1, 0.15) is 26.2 Å². The van der Waals surface area contributed by atoms with Gasteiger partial charge in [0.15, 0.2) is 9.84 Å². The Balaban J connectivity index is 2.17. The minimum absolute atomic E-state index is 0.0652. The van der Waals surface area contributed by atoms with Gasteiger partial charge >= 0.3 is 0 Å². The average Bonchev–Trinajstić information content (AvgIpc) is 2.81. The van der Waals surface area contributed by atoms with Crippen LogP contribution in [-0.2, 0) is 19.4 Å². The fourth-order valence-electron chi connectivity index (χ4n) is 3.50. The number of nitrogens with one attached hydrogen (secondary N) is 1. The van der Waals surface area contributed by atoms with Gasteiger partial charge in [-0.3, -0.25) is 4.79 Å². The van der Waals surface area contributed by atoms with Crippen LogP contribution >= 0.6 is 0 Å². The van der Waals surface area contributed by atoms with E-state index in [0.717, 1.165) is 25.9 Å². The molecule has 1 amide bonds. The van der Waals surface area contributed by atoms with E-state index in [1.807, 2.05) is 6.92 Å². The lowest BCUT2D eigenvalue weighted by Gasteiger charge is -2.41. The molecule has 2 heterocycles. The van der Waals surface area contributed by atoms with Crippen LogP contribution in [0.3, 0.4) is 0 Å². The fraction of sp³-hybridized carbons (Fsp3) is 0.929. The van der Waals surface area contributed by atoms with E-state index >= 15 is 0 Å². The molecule has 1 N–H and O–H groups in total. The molecular formula is C14H26N2O4S. The monoisotopic (exact) mass is 318 g/mol. The summed E-state index contributed by atoms with van der Waals surface area (Å²) in [5.41, 5.74) is -0.498. The molecule has 0 radical (unpaired) electrons. The second-order valence-electron chi connectivity index (χ2n) is 6.11. The van der Waals surface area contributed by atoms with Gasteiger partial charge in [-0.25, -0.2) is 8.42 Å². The Morgan fingerprint density at radius 2 is 2.05 bits per heavy atom. The lowest BCUT2D eigenvalue weighted by molar-refractivity contribution is -0.149. The first kappa shape index (κ1) is 16.7. The summed E-state index contributed by atoms with van der Waals surface area (Å²) in [6.45, 7) is 4.48. The summed E-state index contributed by atoms with van der Waals surface area (Å²) in [5, 5.41) is 3.27. The minimum atomic E-state index is -2.98. The van der Waals surface area contributed by atoms with Crippen LogP contribution in [0.4, 0.5) is 0 Å². The Morgan fingerprint density at radius 1 is 1.38 bits per heavy atom. The smallest absolute Gasteiger partial charge is 0.231 e. The molecule has 1 atom stereocenters. The normalized spacial score (nSPS) is 27.4. The number of sulfone groups is 1. The molecule has 0 bridgehead atoms. The summed E-state index contributed by atoms with van der Waals surface area (Å²) >= 11 is 0. The van der Waals surface area contributed by atoms with Gasteiger partial charge in [0.1, 0.15) is 0 Å². The summed E-state index contributed by atoms with van der Waals surface area (Å²) in [4.78, 5) is 14.8. The van der Waals surface area contributed by atoms with Crippen molar-refractivity contribution in [2.75, 3.05) is 44.9 Å². The summed E-state index contributed by atoms with van der Waals surface area (Å²) in [6.07, 6.45) is 2.05. The summed E-state index contributed by atoms with van der Waals surface area (Å²) in [7, 11) is -1.37. The van der Waals surface area contributed by atoms with Gasteiger partial charge in [0.05, 0.1) is 23.5 Å². The van der Waals surface area contributed by atoms with Crippen molar-refractivity contribution in [1.29, 1.82) is 0 Å². The van der Waals surface area contributed by atoms with E-state index in [0.29, 0.717) is 19.6 Å². The van der Waals surface area contributed by atoms with Crippen LogP contribution in [0.2, 0.25) is 0 Å². The minimum Gasteiger partial charge on any atom is -0.384 e. The number of carbonyl (C=O) groups is 1. The molecule has 2 fully saturated rings. The number of hydrogen-bond acceptors (Lipinski definition) is 5. The third kappa shape index (κ3) is 3.57. The van der Waals surface area contributed by atoms with E-state index < -0.39 is 15.3 Å². The average molecular weight is 318 g/mol. The number of piperidine rings is 1. The van der Waals surface area contributed by atoms with Gasteiger partial charge in [-0.05, 0) is 39.3 Å². The summed E-state index contributed by atoms with van der Waals surface area (Å²) in [6, 6.07) is -0.170. The van der Waals surface area contributed by atoms with Gasteiger partial charge in [0.25, 0.3) is 0 Å². The highest BCUT2D eigenvalue weighted by Crippen LogP contribution is 2.33. The molecule has 0 aromatic carbocycles. The maximum atomic E-state index is 13.1. The quantitative estimate of drug-likeness (QED) is 0.774. The van der Waals surface area contributed by atoms with Crippen molar-refractivity contribution in [2.45, 2.75) is 32.2 Å². The van der Waals surface area contributed by atoms with Gasteiger partial charge < -0.3 is 15.0 Å². The van der Waals surface area contributed by atoms with Crippen molar-refractivity contribution in [3.8, 4) is 0 Å². The Morgan fingerprint density at radius 3 is 2.52 bits per heavy atom. The summed E-state index contributed by atoms with van der Waals surface area (Å²) < 4.78 is 28.7. The van der Waals surface area contributed by atoms with Gasteiger partial charge in [0, 0.05) is 19.7 Å². The van der Waals surface area contributed by atoms with Gasteiger partial charge in [0.2, 0.25) is 5.91 Å². The van der Waals surface area contributed by atoms with Crippen molar-refractivity contribution in [1.82, 2.24) is 10.2 Å². The van der Waals surface area contributed by atoms with Crippen molar-refractivity contribution in [3.05, 3.63) is 0 Å². The predicted octanol–water partition coefficient (Wildman–Crippen LogP) is 0.0382. The van der Waals surface area contributed by atoms with E-state index in [1.165, 1.54) is 0 Å². The second kappa shape index (κ2) is 6.62. The van der Waals surface area contributed by atoms with Crippen LogP contribution in [0.15, 0.2) is 0 Å². The molecular weight excluding hydrogens is 292 g/mol. The van der Waals surface area contributed by atoms with E-state index in [-0.39, 0.29) is 23.5 Å². The predicted molar refractivity (Wildman–Crippen MR) is 80.9 cm³/mol. The second-order valence-corrected chi connectivity index (χ2v) is 8.34. The van der Waals surface area contributed by atoms with E-state index in [2.05, 4.69) is 5.32 Å². The summed E-state index contributed by atoms with van der Waals surface area (Å²) in [5.74, 6) is 0.365. The van der Waals surface area contributed by atoms with E-state index in [1.54, 1.807) is 12.0 Å². The molecule has 2 saturated heterocycles. The first-order valence-electron chi connectivity index (χ1n) is 7.65. The number of nitrogens with zero attached hydrogens (tertiary/aromatic N) is 1. The van der Waals surface area contributed by atoms with Crippen molar-refractivity contribution in [3.63, 3.8) is 0 Å². The van der Waals surface area contributed by atoms with Crippen LogP contribution in [0.5, 0.6) is 0 Å². The first-order valence-corrected chi connectivity index (χ1v) is 9.47. The van der Waals surface area contributed by atoms with E-state index in [9.17, 15) is 13.2 Å². The zero-order chi connectivity index (χ0) is 15.5. The lowest BCUT2D eigenvalue weighted by Crippen LogP contribution is -2.54. The molecule has 0 saturated carbocycles.